The van der Waals surface area contributed by atoms with Crippen LogP contribution in [-0.2, 0) is 16.1 Å². The molecular formula is C32H34BrFN4O8. The van der Waals surface area contributed by atoms with E-state index in [4.69, 9.17) is 23.7 Å². The predicted octanol–water partition coefficient (Wildman–Crippen LogP) is 4.70. The highest BCUT2D eigenvalue weighted by atomic mass is 79.9. The van der Waals surface area contributed by atoms with E-state index < -0.39 is 24.3 Å². The lowest BCUT2D eigenvalue weighted by atomic mass is 9.95. The van der Waals surface area contributed by atoms with Crippen molar-refractivity contribution < 1.29 is 42.8 Å². The van der Waals surface area contributed by atoms with Gasteiger partial charge in [0.15, 0.2) is 29.2 Å². The maximum atomic E-state index is 14.0. The first kappa shape index (κ1) is 34.1. The number of halogens is 2. The van der Waals surface area contributed by atoms with Gasteiger partial charge in [-0.15, -0.1) is 0 Å². The van der Waals surface area contributed by atoms with Crippen LogP contribution >= 0.6 is 15.9 Å². The van der Waals surface area contributed by atoms with E-state index in [0.717, 1.165) is 0 Å². The summed E-state index contributed by atoms with van der Waals surface area (Å²) in [6, 6.07) is 13.5. The van der Waals surface area contributed by atoms with Gasteiger partial charge in [0.2, 0.25) is 0 Å². The highest BCUT2D eigenvalue weighted by Crippen LogP contribution is 2.37. The van der Waals surface area contributed by atoms with Crippen molar-refractivity contribution in [2.24, 2.45) is 5.10 Å². The van der Waals surface area contributed by atoms with Gasteiger partial charge in [0, 0.05) is 11.3 Å². The van der Waals surface area contributed by atoms with E-state index in [2.05, 4.69) is 37.1 Å². The van der Waals surface area contributed by atoms with Crippen molar-refractivity contribution >= 4 is 34.1 Å². The Bertz CT molecular complexity index is 1630. The third kappa shape index (κ3) is 8.46. The van der Waals surface area contributed by atoms with E-state index in [1.54, 1.807) is 62.4 Å². The monoisotopic (exact) mass is 700 g/mol. The first-order chi connectivity index (χ1) is 22.1. The first-order valence-corrected chi connectivity index (χ1v) is 14.9. The minimum atomic E-state index is -1.20. The summed E-state index contributed by atoms with van der Waals surface area (Å²) in [6.07, 6.45) is 0.276. The largest absolute Gasteiger partial charge is 0.493 e. The SMILES string of the molecule is CCOc1cc([C@H]2NC(=O)NC(C)=C2C(=O)OC)ccc1OC[C@H](O)N/N=C\c1cc(Br)c(OCc2ccccc2F)c(OC)c1. The van der Waals surface area contributed by atoms with E-state index >= 15 is 0 Å². The summed E-state index contributed by atoms with van der Waals surface area (Å²) in [4.78, 5) is 24.6. The fourth-order valence-electron chi connectivity index (χ4n) is 4.54. The summed E-state index contributed by atoms with van der Waals surface area (Å²) in [5, 5.41) is 19.9. The number of nitrogens with one attached hydrogen (secondary N) is 3. The van der Waals surface area contributed by atoms with Crippen LogP contribution in [0.15, 0.2) is 75.4 Å². The van der Waals surface area contributed by atoms with Crippen molar-refractivity contribution in [2.75, 3.05) is 27.4 Å². The van der Waals surface area contributed by atoms with Gasteiger partial charge in [-0.3, -0.25) is 5.43 Å². The zero-order chi connectivity index (χ0) is 33.2. The molecule has 2 atom stereocenters. The van der Waals surface area contributed by atoms with Gasteiger partial charge >= 0.3 is 12.0 Å². The molecule has 1 aliphatic heterocycles. The summed E-state index contributed by atoms with van der Waals surface area (Å²) in [5.74, 6) is 0.523. The van der Waals surface area contributed by atoms with Crippen LogP contribution in [0.4, 0.5) is 9.18 Å². The molecule has 3 aromatic carbocycles. The van der Waals surface area contributed by atoms with Gasteiger partial charge in [-0.2, -0.15) is 5.10 Å². The molecule has 0 unspecified atom stereocenters. The summed E-state index contributed by atoms with van der Waals surface area (Å²) in [6.45, 7) is 3.55. The van der Waals surface area contributed by atoms with Gasteiger partial charge in [0.1, 0.15) is 19.0 Å². The lowest BCUT2D eigenvalue weighted by Crippen LogP contribution is -2.45. The van der Waals surface area contributed by atoms with Crippen LogP contribution in [0.2, 0.25) is 0 Å². The average Bonchev–Trinajstić information content (AvgIpc) is 3.03. The van der Waals surface area contributed by atoms with Gasteiger partial charge in [-0.1, -0.05) is 24.3 Å². The van der Waals surface area contributed by atoms with Gasteiger partial charge in [0.25, 0.3) is 0 Å². The number of amides is 2. The average molecular weight is 702 g/mol. The number of carbonyl (C=O) groups excluding carboxylic acids is 2. The van der Waals surface area contributed by atoms with Crippen LogP contribution in [0.5, 0.6) is 23.0 Å². The van der Waals surface area contributed by atoms with E-state index in [1.165, 1.54) is 26.5 Å². The Balaban J connectivity index is 1.39. The number of hydrogen-bond donors (Lipinski definition) is 4. The van der Waals surface area contributed by atoms with E-state index in [1.807, 2.05) is 0 Å². The highest BCUT2D eigenvalue weighted by molar-refractivity contribution is 9.10. The van der Waals surface area contributed by atoms with Crippen molar-refractivity contribution in [1.82, 2.24) is 16.1 Å². The van der Waals surface area contributed by atoms with Crippen molar-refractivity contribution in [3.63, 3.8) is 0 Å². The first-order valence-electron chi connectivity index (χ1n) is 14.1. The number of aliphatic hydroxyl groups is 1. The normalized spacial score (nSPS) is 15.1. The smallest absolute Gasteiger partial charge is 0.337 e. The molecule has 14 heteroatoms. The van der Waals surface area contributed by atoms with Crippen molar-refractivity contribution in [3.05, 3.63) is 92.8 Å². The molecule has 0 bridgehead atoms. The number of urea groups is 1. The Morgan fingerprint density at radius 3 is 2.61 bits per heavy atom. The van der Waals surface area contributed by atoms with Crippen LogP contribution in [0.25, 0.3) is 0 Å². The van der Waals surface area contributed by atoms with Crippen molar-refractivity contribution in [1.29, 1.82) is 0 Å². The number of hydrazone groups is 1. The third-order valence-corrected chi connectivity index (χ3v) is 7.28. The molecule has 12 nitrogen and oxygen atoms in total. The number of ether oxygens (including phenoxy) is 5. The molecule has 244 valence electrons. The molecule has 0 saturated heterocycles. The summed E-state index contributed by atoms with van der Waals surface area (Å²) in [5.41, 5.74) is 4.82. The molecule has 0 spiro atoms. The second kappa shape index (κ2) is 16.0. The highest BCUT2D eigenvalue weighted by Gasteiger charge is 2.32. The van der Waals surface area contributed by atoms with E-state index in [-0.39, 0.29) is 24.6 Å². The molecule has 0 radical (unpaired) electrons. The number of carbonyl (C=O) groups is 2. The van der Waals surface area contributed by atoms with Crippen LogP contribution in [0.3, 0.4) is 0 Å². The van der Waals surface area contributed by atoms with Gasteiger partial charge < -0.3 is 39.4 Å². The minimum Gasteiger partial charge on any atom is -0.493 e. The standard InChI is InChI=1S/C32H34BrFN4O8/c1-5-44-25-14-20(29-28(31(40)43-4)18(2)36-32(41)37-29)10-11-24(25)45-17-27(39)38-35-15-19-12-22(33)30(26(13-19)42-3)46-16-21-8-6-7-9-23(21)34/h6-15,27,29,38-39H,5,16-17H2,1-4H3,(H2,36,37,41)/b35-15-/t27-,29+/m0/s1. The lowest BCUT2D eigenvalue weighted by Gasteiger charge is -2.28. The molecule has 3 aromatic rings. The fraction of sp³-hybridized carbons (Fsp3) is 0.281. The number of aliphatic hydroxyl groups excluding tert-OH is 1. The number of methoxy groups -OCH3 is 2. The molecule has 0 aliphatic carbocycles. The van der Waals surface area contributed by atoms with Crippen LogP contribution in [0, 0.1) is 5.82 Å². The Kier molecular flexibility index (Phi) is 11.8. The molecule has 0 fully saturated rings. The number of rotatable bonds is 14. The van der Waals surface area contributed by atoms with Gasteiger partial charge in [-0.05, 0) is 71.2 Å². The molecule has 0 saturated carbocycles. The van der Waals surface area contributed by atoms with Crippen LogP contribution in [0.1, 0.15) is 36.6 Å². The Morgan fingerprint density at radius 1 is 1.11 bits per heavy atom. The molecular weight excluding hydrogens is 667 g/mol. The van der Waals surface area contributed by atoms with Crippen LogP contribution in [-0.4, -0.2) is 57.0 Å². The number of nitrogens with zero attached hydrogens (tertiary/aromatic N) is 1. The summed E-state index contributed by atoms with van der Waals surface area (Å²) < 4.78 is 42.3. The van der Waals surface area contributed by atoms with Crippen molar-refractivity contribution in [2.45, 2.75) is 32.7 Å². The second-order valence-electron chi connectivity index (χ2n) is 9.83. The minimum absolute atomic E-state index is 0.0103. The molecule has 0 aromatic heterocycles. The molecule has 2 amide bonds. The lowest BCUT2D eigenvalue weighted by molar-refractivity contribution is -0.136. The van der Waals surface area contributed by atoms with E-state index in [0.29, 0.717) is 56.5 Å². The van der Waals surface area contributed by atoms with Gasteiger partial charge in [0.05, 0.1) is 43.1 Å². The molecule has 46 heavy (non-hydrogen) atoms. The Morgan fingerprint density at radius 2 is 1.89 bits per heavy atom. The number of hydrogen-bond acceptors (Lipinski definition) is 10. The molecule has 4 N–H and O–H groups in total. The fourth-order valence-corrected chi connectivity index (χ4v) is 5.11. The molecule has 4 rings (SSSR count). The topological polar surface area (TPSA) is 149 Å². The Labute approximate surface area is 273 Å². The summed E-state index contributed by atoms with van der Waals surface area (Å²) in [7, 11) is 2.75. The zero-order valence-corrected chi connectivity index (χ0v) is 27.1. The Hall–Kier alpha value is -4.82. The molecule has 1 aliphatic rings. The predicted molar refractivity (Wildman–Crippen MR) is 170 cm³/mol. The van der Waals surface area contributed by atoms with Crippen molar-refractivity contribution in [3.8, 4) is 23.0 Å². The third-order valence-electron chi connectivity index (χ3n) is 6.69. The zero-order valence-electron chi connectivity index (χ0n) is 25.6. The number of allylic oxidation sites excluding steroid dienone is 1. The maximum Gasteiger partial charge on any atom is 0.337 e. The van der Waals surface area contributed by atoms with Crippen LogP contribution < -0.4 is 35.0 Å². The number of esters is 1. The summed E-state index contributed by atoms with van der Waals surface area (Å²) >= 11 is 3.46. The van der Waals surface area contributed by atoms with Gasteiger partial charge in [-0.25, -0.2) is 14.0 Å². The quantitative estimate of drug-likeness (QED) is 0.0813. The number of benzene rings is 3. The molecule has 1 heterocycles. The van der Waals surface area contributed by atoms with E-state index in [9.17, 15) is 19.1 Å². The second-order valence-corrected chi connectivity index (χ2v) is 10.7. The maximum absolute atomic E-state index is 14.0.